The summed E-state index contributed by atoms with van der Waals surface area (Å²) in [5.74, 6) is 0.967. The van der Waals surface area contributed by atoms with Gasteiger partial charge in [-0.05, 0) is 36.2 Å². The fourth-order valence-corrected chi connectivity index (χ4v) is 2.68. The summed E-state index contributed by atoms with van der Waals surface area (Å²) in [4.78, 5) is 6.93. The number of pyridine rings is 1. The van der Waals surface area contributed by atoms with Crippen LogP contribution in [0.5, 0.6) is 0 Å². The molecule has 3 nitrogen and oxygen atoms in total. The molecule has 0 unspecified atom stereocenters. The Kier molecular flexibility index (Phi) is 3.59. The highest BCUT2D eigenvalue weighted by Gasteiger charge is 2.12. The van der Waals surface area contributed by atoms with Gasteiger partial charge in [0, 0.05) is 24.7 Å². The lowest BCUT2D eigenvalue weighted by molar-refractivity contribution is 1.03. The van der Waals surface area contributed by atoms with Gasteiger partial charge in [-0.1, -0.05) is 36.4 Å². The lowest BCUT2D eigenvalue weighted by Gasteiger charge is -2.23. The quantitative estimate of drug-likeness (QED) is 0.792. The fraction of sp³-hybridized carbons (Fsp3) is 0.167. The van der Waals surface area contributed by atoms with E-state index in [1.807, 2.05) is 37.4 Å². The number of rotatable bonds is 3. The van der Waals surface area contributed by atoms with E-state index >= 15 is 0 Å². The molecule has 2 aromatic carbocycles. The highest BCUT2D eigenvalue weighted by Crippen LogP contribution is 2.29. The molecule has 0 atom stereocenters. The van der Waals surface area contributed by atoms with Crippen molar-refractivity contribution in [2.45, 2.75) is 13.5 Å². The molecule has 21 heavy (non-hydrogen) atoms. The number of nitrogens with zero attached hydrogens (tertiary/aromatic N) is 2. The Balaban J connectivity index is 2.13. The predicted molar refractivity (Wildman–Crippen MR) is 88.9 cm³/mol. The molecular weight excluding hydrogens is 258 g/mol. The Morgan fingerprint density at radius 1 is 1.05 bits per heavy atom. The maximum atomic E-state index is 5.85. The van der Waals surface area contributed by atoms with Crippen LogP contribution in [-0.2, 0) is 6.54 Å². The van der Waals surface area contributed by atoms with Gasteiger partial charge < -0.3 is 10.6 Å². The Labute approximate surface area is 125 Å². The van der Waals surface area contributed by atoms with Crippen molar-refractivity contribution in [3.63, 3.8) is 0 Å². The number of aryl methyl sites for hydroxylation is 1. The van der Waals surface area contributed by atoms with Gasteiger partial charge in [-0.2, -0.15) is 0 Å². The first-order valence-corrected chi connectivity index (χ1v) is 7.09. The average molecular weight is 277 g/mol. The smallest absolute Gasteiger partial charge is 0.136 e. The lowest BCUT2D eigenvalue weighted by atomic mass is 10.1. The molecule has 2 N–H and O–H groups in total. The van der Waals surface area contributed by atoms with Crippen LogP contribution in [0.4, 0.5) is 11.5 Å². The molecule has 0 aliphatic heterocycles. The highest BCUT2D eigenvalue weighted by atomic mass is 15.2. The summed E-state index contributed by atoms with van der Waals surface area (Å²) in [7, 11) is 2.04. The van der Waals surface area contributed by atoms with Crippen molar-refractivity contribution in [3.8, 4) is 0 Å². The largest absolute Gasteiger partial charge is 0.329 e. The third-order valence-electron chi connectivity index (χ3n) is 3.78. The van der Waals surface area contributed by atoms with E-state index < -0.39 is 0 Å². The highest BCUT2D eigenvalue weighted by molar-refractivity contribution is 5.83. The first kappa shape index (κ1) is 13.6. The number of hydrogen-bond donors (Lipinski definition) is 1. The van der Waals surface area contributed by atoms with E-state index in [4.69, 9.17) is 10.7 Å². The number of aromatic nitrogens is 1. The minimum absolute atomic E-state index is 0.521. The topological polar surface area (TPSA) is 42.2 Å². The van der Waals surface area contributed by atoms with Crippen molar-refractivity contribution < 1.29 is 0 Å². The maximum Gasteiger partial charge on any atom is 0.136 e. The van der Waals surface area contributed by atoms with Gasteiger partial charge >= 0.3 is 0 Å². The van der Waals surface area contributed by atoms with Crippen LogP contribution in [0.15, 0.2) is 54.6 Å². The van der Waals surface area contributed by atoms with E-state index in [0.29, 0.717) is 6.54 Å². The van der Waals surface area contributed by atoms with Crippen LogP contribution in [0.25, 0.3) is 10.9 Å². The number of para-hydroxylation sites is 2. The Bertz CT molecular complexity index is 780. The molecule has 0 bridgehead atoms. The molecule has 0 saturated heterocycles. The maximum absolute atomic E-state index is 5.85. The minimum Gasteiger partial charge on any atom is -0.329 e. The van der Waals surface area contributed by atoms with E-state index in [-0.39, 0.29) is 0 Å². The van der Waals surface area contributed by atoms with Gasteiger partial charge in [-0.3, -0.25) is 0 Å². The van der Waals surface area contributed by atoms with Crippen molar-refractivity contribution in [3.05, 3.63) is 65.7 Å². The van der Waals surface area contributed by atoms with E-state index in [0.717, 1.165) is 28.1 Å². The van der Waals surface area contributed by atoms with Gasteiger partial charge in [-0.15, -0.1) is 0 Å². The van der Waals surface area contributed by atoms with E-state index in [2.05, 4.69) is 36.1 Å². The van der Waals surface area contributed by atoms with Crippen LogP contribution in [0.1, 0.15) is 11.1 Å². The molecule has 3 aromatic rings. The van der Waals surface area contributed by atoms with Gasteiger partial charge in [0.25, 0.3) is 0 Å². The summed E-state index contributed by atoms with van der Waals surface area (Å²) >= 11 is 0. The summed E-state index contributed by atoms with van der Waals surface area (Å²) in [5, 5.41) is 1.17. The standard InChI is InChI=1S/C18H19N3/c1-13-11-14-7-3-5-9-16(14)20-18(13)21(2)17-10-6-4-8-15(17)12-19/h3-11H,12,19H2,1-2H3. The van der Waals surface area contributed by atoms with Gasteiger partial charge in [0.2, 0.25) is 0 Å². The third kappa shape index (κ3) is 2.48. The van der Waals surface area contributed by atoms with Crippen LogP contribution in [0.2, 0.25) is 0 Å². The van der Waals surface area contributed by atoms with Gasteiger partial charge in [-0.25, -0.2) is 4.98 Å². The van der Waals surface area contributed by atoms with Crippen molar-refractivity contribution in [2.75, 3.05) is 11.9 Å². The average Bonchev–Trinajstić information content (AvgIpc) is 2.53. The summed E-state index contributed by atoms with van der Waals surface area (Å²) < 4.78 is 0. The second-order valence-corrected chi connectivity index (χ2v) is 5.21. The Morgan fingerprint density at radius 2 is 1.76 bits per heavy atom. The number of nitrogens with two attached hydrogens (primary N) is 1. The zero-order valence-electron chi connectivity index (χ0n) is 12.4. The first-order valence-electron chi connectivity index (χ1n) is 7.09. The SMILES string of the molecule is Cc1cc2ccccc2nc1N(C)c1ccccc1CN. The number of fused-ring (bicyclic) bond motifs is 1. The summed E-state index contributed by atoms with van der Waals surface area (Å²) in [5.41, 5.74) is 10.2. The lowest BCUT2D eigenvalue weighted by Crippen LogP contribution is -2.15. The van der Waals surface area contributed by atoms with Gasteiger partial charge in [0.15, 0.2) is 0 Å². The van der Waals surface area contributed by atoms with E-state index in [9.17, 15) is 0 Å². The molecule has 3 rings (SSSR count). The molecule has 0 saturated carbocycles. The molecule has 0 aliphatic carbocycles. The molecule has 0 spiro atoms. The van der Waals surface area contributed by atoms with Crippen molar-refractivity contribution >= 4 is 22.4 Å². The summed E-state index contributed by atoms with van der Waals surface area (Å²) in [6.07, 6.45) is 0. The molecular formula is C18H19N3. The minimum atomic E-state index is 0.521. The van der Waals surface area contributed by atoms with Crippen molar-refractivity contribution in [2.24, 2.45) is 5.73 Å². The zero-order chi connectivity index (χ0) is 14.8. The molecule has 1 heterocycles. The van der Waals surface area contributed by atoms with Crippen LogP contribution in [0.3, 0.4) is 0 Å². The number of benzene rings is 2. The normalized spacial score (nSPS) is 10.8. The Morgan fingerprint density at radius 3 is 2.57 bits per heavy atom. The van der Waals surface area contributed by atoms with Crippen LogP contribution >= 0.6 is 0 Å². The second kappa shape index (κ2) is 5.54. The number of anilines is 2. The molecule has 3 heteroatoms. The van der Waals surface area contributed by atoms with Crippen LogP contribution in [0, 0.1) is 6.92 Å². The van der Waals surface area contributed by atoms with Gasteiger partial charge in [0.05, 0.1) is 5.52 Å². The Hall–Kier alpha value is -2.39. The molecule has 0 amide bonds. The third-order valence-corrected chi connectivity index (χ3v) is 3.78. The van der Waals surface area contributed by atoms with E-state index in [1.54, 1.807) is 0 Å². The zero-order valence-corrected chi connectivity index (χ0v) is 12.4. The van der Waals surface area contributed by atoms with E-state index in [1.165, 1.54) is 5.39 Å². The molecule has 0 aliphatic rings. The van der Waals surface area contributed by atoms with Crippen molar-refractivity contribution in [1.82, 2.24) is 4.98 Å². The monoisotopic (exact) mass is 277 g/mol. The summed E-state index contributed by atoms with van der Waals surface area (Å²) in [6.45, 7) is 2.61. The molecule has 106 valence electrons. The summed E-state index contributed by atoms with van der Waals surface area (Å²) in [6, 6.07) is 18.5. The van der Waals surface area contributed by atoms with Crippen LogP contribution < -0.4 is 10.6 Å². The second-order valence-electron chi connectivity index (χ2n) is 5.21. The number of hydrogen-bond acceptors (Lipinski definition) is 3. The van der Waals surface area contributed by atoms with Crippen molar-refractivity contribution in [1.29, 1.82) is 0 Å². The van der Waals surface area contributed by atoms with Crippen LogP contribution in [-0.4, -0.2) is 12.0 Å². The predicted octanol–water partition coefficient (Wildman–Crippen LogP) is 3.77. The molecule has 0 radical (unpaired) electrons. The first-order chi connectivity index (χ1) is 10.2. The van der Waals surface area contributed by atoms with Gasteiger partial charge in [0.1, 0.15) is 5.82 Å². The molecule has 0 fully saturated rings. The fourth-order valence-electron chi connectivity index (χ4n) is 2.68. The molecule has 1 aromatic heterocycles.